The van der Waals surface area contributed by atoms with E-state index in [-0.39, 0.29) is 5.91 Å². The van der Waals surface area contributed by atoms with Gasteiger partial charge in [-0.1, -0.05) is 15.9 Å². The third-order valence-electron chi connectivity index (χ3n) is 3.05. The van der Waals surface area contributed by atoms with Gasteiger partial charge in [-0.25, -0.2) is 0 Å². The summed E-state index contributed by atoms with van der Waals surface area (Å²) < 4.78 is 0.966. The van der Waals surface area contributed by atoms with Gasteiger partial charge in [-0.2, -0.15) is 5.10 Å². The van der Waals surface area contributed by atoms with E-state index in [1.807, 2.05) is 26.0 Å². The van der Waals surface area contributed by atoms with Crippen LogP contribution >= 0.6 is 15.9 Å². The van der Waals surface area contributed by atoms with E-state index in [1.54, 1.807) is 12.1 Å². The molecule has 1 aromatic heterocycles. The summed E-state index contributed by atoms with van der Waals surface area (Å²) in [6.45, 7) is 4.57. The van der Waals surface area contributed by atoms with Crippen molar-refractivity contribution in [3.05, 3.63) is 51.3 Å². The number of nitrogens with one attached hydrogen (secondary N) is 2. The summed E-state index contributed by atoms with van der Waals surface area (Å²) in [6.07, 6.45) is 0.788. The number of nitrogens with zero attached hydrogens (tertiary/aromatic N) is 1. The Morgan fingerprint density at radius 3 is 2.58 bits per heavy atom. The lowest BCUT2D eigenvalue weighted by atomic mass is 10.1. The molecule has 5 heteroatoms. The number of aromatic nitrogens is 2. The molecule has 0 saturated heterocycles. The van der Waals surface area contributed by atoms with Gasteiger partial charge < -0.3 is 5.32 Å². The monoisotopic (exact) mass is 321 g/mol. The largest absolute Gasteiger partial charge is 0.352 e. The number of rotatable bonds is 4. The van der Waals surface area contributed by atoms with Crippen molar-refractivity contribution in [2.45, 2.75) is 20.3 Å². The molecule has 0 aliphatic heterocycles. The Balaban J connectivity index is 1.89. The average Bonchev–Trinajstić information content (AvgIpc) is 2.71. The van der Waals surface area contributed by atoms with E-state index in [0.29, 0.717) is 12.1 Å². The molecule has 0 radical (unpaired) electrons. The molecule has 0 atom stereocenters. The van der Waals surface area contributed by atoms with Crippen LogP contribution in [0.1, 0.15) is 27.3 Å². The van der Waals surface area contributed by atoms with Crippen LogP contribution in [0.25, 0.3) is 0 Å². The molecule has 0 unspecified atom stereocenters. The minimum atomic E-state index is -0.0497. The number of halogens is 1. The van der Waals surface area contributed by atoms with Gasteiger partial charge in [0, 0.05) is 22.3 Å². The Labute approximate surface area is 120 Å². The summed E-state index contributed by atoms with van der Waals surface area (Å²) in [4.78, 5) is 11.9. The van der Waals surface area contributed by atoms with Gasteiger partial charge in [-0.15, -0.1) is 0 Å². The zero-order valence-electron chi connectivity index (χ0n) is 11.0. The highest BCUT2D eigenvalue weighted by Gasteiger charge is 2.08. The maximum Gasteiger partial charge on any atom is 0.251 e. The number of aromatic amines is 1. The van der Waals surface area contributed by atoms with Crippen molar-refractivity contribution >= 4 is 21.8 Å². The molecule has 1 amide bonds. The predicted molar refractivity (Wildman–Crippen MR) is 78.2 cm³/mol. The summed E-state index contributed by atoms with van der Waals surface area (Å²) in [5.41, 5.74) is 3.91. The summed E-state index contributed by atoms with van der Waals surface area (Å²) in [5, 5.41) is 10.00. The van der Waals surface area contributed by atoms with Gasteiger partial charge in [0.1, 0.15) is 0 Å². The lowest BCUT2D eigenvalue weighted by Crippen LogP contribution is -2.25. The number of benzene rings is 1. The highest BCUT2D eigenvalue weighted by atomic mass is 79.9. The molecule has 2 rings (SSSR count). The Kier molecular flexibility index (Phi) is 4.37. The number of hydrogen-bond acceptors (Lipinski definition) is 2. The smallest absolute Gasteiger partial charge is 0.251 e. The fourth-order valence-electron chi connectivity index (χ4n) is 1.95. The fourth-order valence-corrected chi connectivity index (χ4v) is 2.21. The molecule has 19 heavy (non-hydrogen) atoms. The molecule has 4 nitrogen and oxygen atoms in total. The van der Waals surface area contributed by atoms with Crippen LogP contribution in [0.5, 0.6) is 0 Å². The van der Waals surface area contributed by atoms with Crippen molar-refractivity contribution in [3.8, 4) is 0 Å². The molecule has 2 aromatic rings. The summed E-state index contributed by atoms with van der Waals surface area (Å²) in [5.74, 6) is -0.0497. The topological polar surface area (TPSA) is 57.8 Å². The van der Waals surface area contributed by atoms with Crippen LogP contribution in [-0.4, -0.2) is 22.6 Å². The first-order valence-electron chi connectivity index (χ1n) is 6.12. The molecule has 0 spiro atoms. The van der Waals surface area contributed by atoms with Gasteiger partial charge in [0.2, 0.25) is 0 Å². The van der Waals surface area contributed by atoms with Crippen LogP contribution < -0.4 is 5.32 Å². The van der Waals surface area contributed by atoms with Gasteiger partial charge in [-0.3, -0.25) is 9.89 Å². The Bertz CT molecular complexity index is 555. The zero-order chi connectivity index (χ0) is 13.8. The van der Waals surface area contributed by atoms with Crippen molar-refractivity contribution in [2.24, 2.45) is 0 Å². The molecule has 100 valence electrons. The molecule has 0 fully saturated rings. The first-order valence-corrected chi connectivity index (χ1v) is 6.91. The number of hydrogen-bond donors (Lipinski definition) is 2. The maximum atomic E-state index is 11.9. The minimum absolute atomic E-state index is 0.0497. The van der Waals surface area contributed by atoms with E-state index < -0.39 is 0 Å². The standard InChI is InChI=1S/C14H16BrN3O/c1-9-13(10(2)18-17-9)7-8-16-14(19)11-3-5-12(15)6-4-11/h3-6H,7-8H2,1-2H3,(H,16,19)(H,17,18). The third-order valence-corrected chi connectivity index (χ3v) is 3.58. The van der Waals surface area contributed by atoms with Gasteiger partial charge in [0.15, 0.2) is 0 Å². The second-order valence-electron chi connectivity index (χ2n) is 4.43. The number of carbonyl (C=O) groups is 1. The van der Waals surface area contributed by atoms with E-state index >= 15 is 0 Å². The van der Waals surface area contributed by atoms with Crippen molar-refractivity contribution in [2.75, 3.05) is 6.54 Å². The summed E-state index contributed by atoms with van der Waals surface area (Å²) in [6, 6.07) is 7.32. The number of H-pyrrole nitrogens is 1. The fraction of sp³-hybridized carbons (Fsp3) is 0.286. The summed E-state index contributed by atoms with van der Waals surface area (Å²) >= 11 is 3.35. The van der Waals surface area contributed by atoms with Crippen LogP contribution in [0.15, 0.2) is 28.7 Å². The lowest BCUT2D eigenvalue weighted by molar-refractivity contribution is 0.0954. The van der Waals surface area contributed by atoms with Crippen molar-refractivity contribution < 1.29 is 4.79 Å². The quantitative estimate of drug-likeness (QED) is 0.909. The van der Waals surface area contributed by atoms with Crippen LogP contribution in [0, 0.1) is 13.8 Å². The maximum absolute atomic E-state index is 11.9. The van der Waals surface area contributed by atoms with E-state index in [4.69, 9.17) is 0 Å². The van der Waals surface area contributed by atoms with Gasteiger partial charge in [0.05, 0.1) is 5.69 Å². The van der Waals surface area contributed by atoms with Gasteiger partial charge in [-0.05, 0) is 50.1 Å². The second-order valence-corrected chi connectivity index (χ2v) is 5.34. The first-order chi connectivity index (χ1) is 9.08. The molecule has 0 saturated carbocycles. The minimum Gasteiger partial charge on any atom is -0.352 e. The van der Waals surface area contributed by atoms with Crippen LogP contribution in [0.2, 0.25) is 0 Å². The first kappa shape index (κ1) is 13.8. The van der Waals surface area contributed by atoms with Gasteiger partial charge in [0.25, 0.3) is 5.91 Å². The SMILES string of the molecule is Cc1n[nH]c(C)c1CCNC(=O)c1ccc(Br)cc1. The molecular formula is C14H16BrN3O. The molecule has 0 bridgehead atoms. The van der Waals surface area contributed by atoms with E-state index in [0.717, 1.165) is 22.3 Å². The third kappa shape index (κ3) is 3.44. The highest BCUT2D eigenvalue weighted by molar-refractivity contribution is 9.10. The van der Waals surface area contributed by atoms with E-state index in [1.165, 1.54) is 5.56 Å². The Morgan fingerprint density at radius 1 is 1.32 bits per heavy atom. The molecular weight excluding hydrogens is 306 g/mol. The second kappa shape index (κ2) is 6.02. The van der Waals surface area contributed by atoms with Crippen LogP contribution in [0.3, 0.4) is 0 Å². The molecule has 0 aliphatic rings. The zero-order valence-corrected chi connectivity index (χ0v) is 12.5. The predicted octanol–water partition coefficient (Wildman–Crippen LogP) is 2.76. The lowest BCUT2D eigenvalue weighted by Gasteiger charge is -2.05. The van der Waals surface area contributed by atoms with Crippen molar-refractivity contribution in [1.29, 1.82) is 0 Å². The molecule has 1 heterocycles. The van der Waals surface area contributed by atoms with Crippen molar-refractivity contribution in [3.63, 3.8) is 0 Å². The summed E-state index contributed by atoms with van der Waals surface area (Å²) in [7, 11) is 0. The van der Waals surface area contributed by atoms with Crippen LogP contribution in [-0.2, 0) is 6.42 Å². The van der Waals surface area contributed by atoms with E-state index in [2.05, 4.69) is 31.4 Å². The molecule has 1 aromatic carbocycles. The normalized spacial score (nSPS) is 10.5. The molecule has 0 aliphatic carbocycles. The van der Waals surface area contributed by atoms with Gasteiger partial charge >= 0.3 is 0 Å². The van der Waals surface area contributed by atoms with E-state index in [9.17, 15) is 4.79 Å². The average molecular weight is 322 g/mol. The Morgan fingerprint density at radius 2 is 2.00 bits per heavy atom. The number of amides is 1. The van der Waals surface area contributed by atoms with Crippen LogP contribution in [0.4, 0.5) is 0 Å². The highest BCUT2D eigenvalue weighted by Crippen LogP contribution is 2.11. The number of carbonyl (C=O) groups excluding carboxylic acids is 1. The molecule has 2 N–H and O–H groups in total. The van der Waals surface area contributed by atoms with Crippen molar-refractivity contribution in [1.82, 2.24) is 15.5 Å². The number of aryl methyl sites for hydroxylation is 2. The Hall–Kier alpha value is -1.62.